The van der Waals surface area contributed by atoms with Crippen LogP contribution in [-0.4, -0.2) is 28.3 Å². The van der Waals surface area contributed by atoms with Gasteiger partial charge in [0.15, 0.2) is 0 Å². The van der Waals surface area contributed by atoms with Crippen molar-refractivity contribution in [1.82, 2.24) is 0 Å². The molecule has 0 radical (unpaired) electrons. The maximum absolute atomic E-state index is 12.5. The molecule has 0 heterocycles. The first-order valence-electron chi connectivity index (χ1n) is 6.62. The summed E-state index contributed by atoms with van der Waals surface area (Å²) in [4.78, 5) is 1.45. The Kier molecular flexibility index (Phi) is 5.05. The fourth-order valence-corrected chi connectivity index (χ4v) is 2.52. The topological polar surface area (TPSA) is 62.1 Å². The maximum atomic E-state index is 12.5. The number of halogens is 2. The molecule has 0 atom stereocenters. The molecule has 0 bridgehead atoms. The Morgan fingerprint density at radius 1 is 0.957 bits per heavy atom. The van der Waals surface area contributed by atoms with Crippen LogP contribution in [0.3, 0.4) is 0 Å². The third kappa shape index (κ3) is 4.10. The van der Waals surface area contributed by atoms with Crippen molar-refractivity contribution in [1.29, 1.82) is 0 Å². The first-order valence-corrected chi connectivity index (χ1v) is 8.16. The van der Waals surface area contributed by atoms with Gasteiger partial charge in [0.05, 0.1) is 16.3 Å². The van der Waals surface area contributed by atoms with Crippen LogP contribution < -0.4 is 4.90 Å². The highest BCUT2D eigenvalue weighted by atomic mass is 32.2. The van der Waals surface area contributed by atoms with Crippen molar-refractivity contribution >= 4 is 26.9 Å². The molecule has 0 aliphatic heterocycles. The Hall–Kier alpha value is -2.35. The summed E-state index contributed by atoms with van der Waals surface area (Å²) in [5, 5.41) is 7.86. The number of azo groups is 1. The van der Waals surface area contributed by atoms with Crippen LogP contribution in [0.4, 0.5) is 25.8 Å². The monoisotopic (exact) mass is 339 g/mol. The lowest BCUT2D eigenvalue weighted by atomic mass is 10.3. The Bertz CT molecular complexity index is 804. The van der Waals surface area contributed by atoms with Crippen LogP contribution in [0.5, 0.6) is 0 Å². The number of hydrogen-bond acceptors (Lipinski definition) is 5. The molecule has 0 saturated carbocycles. The molecule has 0 N–H and O–H groups in total. The minimum Gasteiger partial charge on any atom is -0.378 e. The zero-order chi connectivity index (χ0) is 17.0. The van der Waals surface area contributed by atoms with E-state index in [1.807, 2.05) is 31.1 Å². The van der Waals surface area contributed by atoms with Gasteiger partial charge in [0.1, 0.15) is 0 Å². The first kappa shape index (κ1) is 17.0. The number of anilines is 1. The SMILES string of the molecule is CN(C)c1ccc(N=Nc2cccc(S(=O)(=O)C(F)F)c2)cc1. The van der Waals surface area contributed by atoms with Gasteiger partial charge in [-0.3, -0.25) is 0 Å². The van der Waals surface area contributed by atoms with Gasteiger partial charge in [-0.2, -0.15) is 19.0 Å². The maximum Gasteiger partial charge on any atom is 0.341 e. The van der Waals surface area contributed by atoms with E-state index in [2.05, 4.69) is 10.2 Å². The van der Waals surface area contributed by atoms with Gasteiger partial charge >= 0.3 is 5.76 Å². The summed E-state index contributed by atoms with van der Waals surface area (Å²) >= 11 is 0. The van der Waals surface area contributed by atoms with Gasteiger partial charge in [0.2, 0.25) is 9.84 Å². The number of nitrogens with zero attached hydrogens (tertiary/aromatic N) is 3. The number of rotatable bonds is 5. The number of benzene rings is 2. The summed E-state index contributed by atoms with van der Waals surface area (Å²) in [6.07, 6.45) is 0. The van der Waals surface area contributed by atoms with E-state index in [0.29, 0.717) is 5.69 Å². The molecule has 0 unspecified atom stereocenters. The second kappa shape index (κ2) is 6.82. The van der Waals surface area contributed by atoms with E-state index < -0.39 is 20.5 Å². The Morgan fingerprint density at radius 2 is 1.57 bits per heavy atom. The largest absolute Gasteiger partial charge is 0.378 e. The molecule has 8 heteroatoms. The lowest BCUT2D eigenvalue weighted by Crippen LogP contribution is -2.10. The van der Waals surface area contributed by atoms with Gasteiger partial charge in [-0.25, -0.2) is 8.42 Å². The van der Waals surface area contributed by atoms with Crippen LogP contribution in [0, 0.1) is 0 Å². The van der Waals surface area contributed by atoms with E-state index in [-0.39, 0.29) is 5.69 Å². The van der Waals surface area contributed by atoms with Gasteiger partial charge in [0.25, 0.3) is 0 Å². The van der Waals surface area contributed by atoms with Crippen molar-refractivity contribution in [2.75, 3.05) is 19.0 Å². The molecule has 0 aliphatic carbocycles. The Labute approximate surface area is 133 Å². The first-order chi connectivity index (χ1) is 10.8. The van der Waals surface area contributed by atoms with E-state index in [1.54, 1.807) is 12.1 Å². The molecule has 0 fully saturated rings. The fraction of sp³-hybridized carbons (Fsp3) is 0.200. The van der Waals surface area contributed by atoms with Crippen molar-refractivity contribution in [3.05, 3.63) is 48.5 Å². The summed E-state index contributed by atoms with van der Waals surface area (Å²) in [5.74, 6) is -3.46. The third-order valence-electron chi connectivity index (χ3n) is 3.03. The predicted molar refractivity (Wildman–Crippen MR) is 84.6 cm³/mol. The second-order valence-electron chi connectivity index (χ2n) is 4.91. The van der Waals surface area contributed by atoms with Gasteiger partial charge < -0.3 is 4.90 Å². The molecule has 0 spiro atoms. The average molecular weight is 339 g/mol. The highest BCUT2D eigenvalue weighted by Gasteiger charge is 2.26. The van der Waals surface area contributed by atoms with Gasteiger partial charge in [-0.1, -0.05) is 6.07 Å². The van der Waals surface area contributed by atoms with Crippen LogP contribution in [-0.2, 0) is 9.84 Å². The molecule has 122 valence electrons. The van der Waals surface area contributed by atoms with Gasteiger partial charge in [-0.05, 0) is 42.5 Å². The summed E-state index contributed by atoms with van der Waals surface area (Å²) in [6, 6.07) is 12.2. The predicted octanol–water partition coefficient (Wildman–Crippen LogP) is 4.16. The van der Waals surface area contributed by atoms with E-state index in [4.69, 9.17) is 0 Å². The van der Waals surface area contributed by atoms with Gasteiger partial charge in [0, 0.05) is 19.8 Å². The van der Waals surface area contributed by atoms with E-state index in [9.17, 15) is 17.2 Å². The van der Waals surface area contributed by atoms with Crippen molar-refractivity contribution < 1.29 is 17.2 Å². The Balaban J connectivity index is 2.23. The summed E-state index contributed by atoms with van der Waals surface area (Å²) in [7, 11) is -0.822. The normalized spacial score (nSPS) is 12.0. The number of sulfone groups is 1. The van der Waals surface area contributed by atoms with Crippen LogP contribution in [0.15, 0.2) is 63.7 Å². The fourth-order valence-electron chi connectivity index (χ4n) is 1.76. The third-order valence-corrected chi connectivity index (χ3v) is 4.41. The van der Waals surface area contributed by atoms with Crippen molar-refractivity contribution in [3.8, 4) is 0 Å². The van der Waals surface area contributed by atoms with Crippen LogP contribution in [0.2, 0.25) is 0 Å². The summed E-state index contributed by atoms with van der Waals surface area (Å²) < 4.78 is 47.9. The summed E-state index contributed by atoms with van der Waals surface area (Å²) in [6.45, 7) is 0. The molecule has 0 saturated heterocycles. The lowest BCUT2D eigenvalue weighted by molar-refractivity contribution is 0.235. The molecule has 0 aliphatic rings. The molecule has 0 amide bonds. The second-order valence-corrected chi connectivity index (χ2v) is 6.83. The zero-order valence-electron chi connectivity index (χ0n) is 12.5. The van der Waals surface area contributed by atoms with Crippen LogP contribution in [0.1, 0.15) is 0 Å². The zero-order valence-corrected chi connectivity index (χ0v) is 13.3. The van der Waals surface area contributed by atoms with E-state index in [1.165, 1.54) is 12.1 Å². The van der Waals surface area contributed by atoms with Crippen molar-refractivity contribution in [3.63, 3.8) is 0 Å². The average Bonchev–Trinajstić information content (AvgIpc) is 2.53. The number of alkyl halides is 2. The standard InChI is InChI=1S/C15H15F2N3O2S/c1-20(2)13-8-6-11(7-9-13)18-19-12-4-3-5-14(10-12)23(21,22)15(16)17/h3-10,15H,1-2H3. The number of hydrogen-bond donors (Lipinski definition) is 0. The van der Waals surface area contributed by atoms with E-state index >= 15 is 0 Å². The molecule has 2 aromatic carbocycles. The van der Waals surface area contributed by atoms with E-state index in [0.717, 1.165) is 17.8 Å². The molecule has 2 aromatic rings. The molecular formula is C15H15F2N3O2S. The van der Waals surface area contributed by atoms with Crippen molar-refractivity contribution in [2.24, 2.45) is 10.2 Å². The smallest absolute Gasteiger partial charge is 0.341 e. The minimum absolute atomic E-state index is 0.184. The van der Waals surface area contributed by atoms with Crippen LogP contribution in [0.25, 0.3) is 0 Å². The Morgan fingerprint density at radius 3 is 2.13 bits per heavy atom. The summed E-state index contributed by atoms with van der Waals surface area (Å²) in [5.41, 5.74) is 1.75. The lowest BCUT2D eigenvalue weighted by Gasteiger charge is -2.11. The van der Waals surface area contributed by atoms with Gasteiger partial charge in [-0.15, -0.1) is 0 Å². The quantitative estimate of drug-likeness (QED) is 0.768. The molecule has 5 nitrogen and oxygen atoms in total. The highest BCUT2D eigenvalue weighted by Crippen LogP contribution is 2.25. The van der Waals surface area contributed by atoms with Crippen LogP contribution >= 0.6 is 0 Å². The van der Waals surface area contributed by atoms with Crippen molar-refractivity contribution in [2.45, 2.75) is 10.7 Å². The highest BCUT2D eigenvalue weighted by molar-refractivity contribution is 7.91. The molecular weight excluding hydrogens is 324 g/mol. The minimum atomic E-state index is -4.64. The molecule has 23 heavy (non-hydrogen) atoms. The molecule has 2 rings (SSSR count). The molecule has 0 aromatic heterocycles.